The Hall–Kier alpha value is -2.57. The smallest absolute Gasteiger partial charge is 0.372 e. The molecular formula is C12H12N2O5. The van der Waals surface area contributed by atoms with E-state index in [9.17, 15) is 14.4 Å². The Labute approximate surface area is 107 Å². The molecule has 2 N–H and O–H groups in total. The zero-order valence-corrected chi connectivity index (χ0v) is 10.4. The first-order valence-electron chi connectivity index (χ1n) is 5.51. The Morgan fingerprint density at radius 2 is 2.05 bits per heavy atom. The maximum Gasteiger partial charge on any atom is 0.372 e. The lowest BCUT2D eigenvalue weighted by Crippen LogP contribution is -2.30. The van der Waals surface area contributed by atoms with E-state index in [0.717, 1.165) is 0 Å². The second-order valence-corrected chi connectivity index (χ2v) is 4.23. The lowest BCUT2D eigenvalue weighted by atomic mass is 10.2. The number of hydrogen-bond acceptors (Lipinski definition) is 4. The van der Waals surface area contributed by atoms with Crippen molar-refractivity contribution in [2.75, 3.05) is 0 Å². The fourth-order valence-corrected chi connectivity index (χ4v) is 1.74. The number of hydrogen-bond donors (Lipinski definition) is 2. The predicted molar refractivity (Wildman–Crippen MR) is 65.6 cm³/mol. The summed E-state index contributed by atoms with van der Waals surface area (Å²) in [6.07, 6.45) is 1.40. The third-order valence-electron chi connectivity index (χ3n) is 2.68. The molecule has 19 heavy (non-hydrogen) atoms. The van der Waals surface area contributed by atoms with Crippen LogP contribution in [0.5, 0.6) is 0 Å². The Bertz CT molecular complexity index is 750. The molecule has 0 aliphatic carbocycles. The van der Waals surface area contributed by atoms with E-state index < -0.39 is 17.2 Å². The summed E-state index contributed by atoms with van der Waals surface area (Å²) in [7, 11) is 0. The number of carboxylic acid groups (broad SMARTS) is 1. The second kappa shape index (κ2) is 4.60. The van der Waals surface area contributed by atoms with E-state index in [2.05, 4.69) is 4.98 Å². The molecule has 0 aliphatic heterocycles. The highest BCUT2D eigenvalue weighted by atomic mass is 16.4. The molecule has 7 nitrogen and oxygen atoms in total. The summed E-state index contributed by atoms with van der Waals surface area (Å²) in [6, 6.07) is 1.55. The van der Waals surface area contributed by atoms with Crippen molar-refractivity contribution in [2.45, 2.75) is 20.4 Å². The number of carboxylic acids is 1. The summed E-state index contributed by atoms with van der Waals surface area (Å²) in [6.45, 7) is 3.24. The number of nitrogens with zero attached hydrogens (tertiary/aromatic N) is 1. The lowest BCUT2D eigenvalue weighted by molar-refractivity contribution is 0.0659. The molecule has 0 spiro atoms. The number of nitrogens with one attached hydrogen (secondary N) is 1. The van der Waals surface area contributed by atoms with Crippen LogP contribution < -0.4 is 11.2 Å². The summed E-state index contributed by atoms with van der Waals surface area (Å²) in [4.78, 5) is 35.8. The van der Waals surface area contributed by atoms with Gasteiger partial charge in [-0.05, 0) is 19.9 Å². The molecule has 2 aromatic rings. The lowest BCUT2D eigenvalue weighted by Gasteiger charge is -2.03. The van der Waals surface area contributed by atoms with Gasteiger partial charge < -0.3 is 9.52 Å². The first-order chi connectivity index (χ1) is 8.88. The Balaban J connectivity index is 2.39. The van der Waals surface area contributed by atoms with Crippen LogP contribution in [0.1, 0.15) is 27.4 Å². The molecule has 0 radical (unpaired) electrons. The van der Waals surface area contributed by atoms with Crippen LogP contribution >= 0.6 is 0 Å². The zero-order chi connectivity index (χ0) is 14.2. The largest absolute Gasteiger partial charge is 0.475 e. The molecule has 2 aromatic heterocycles. The second-order valence-electron chi connectivity index (χ2n) is 4.23. The van der Waals surface area contributed by atoms with Gasteiger partial charge in [-0.15, -0.1) is 0 Å². The van der Waals surface area contributed by atoms with Crippen molar-refractivity contribution >= 4 is 5.97 Å². The van der Waals surface area contributed by atoms with Gasteiger partial charge in [0.2, 0.25) is 5.76 Å². The molecule has 2 heterocycles. The fraction of sp³-hybridized carbons (Fsp3) is 0.250. The van der Waals surface area contributed by atoms with Crippen molar-refractivity contribution in [2.24, 2.45) is 0 Å². The van der Waals surface area contributed by atoms with Crippen molar-refractivity contribution in [1.29, 1.82) is 0 Å². The van der Waals surface area contributed by atoms with E-state index in [1.807, 2.05) is 0 Å². The average molecular weight is 264 g/mol. The minimum absolute atomic E-state index is 0.0601. The summed E-state index contributed by atoms with van der Waals surface area (Å²) in [5, 5.41) is 8.87. The maximum absolute atomic E-state index is 11.6. The van der Waals surface area contributed by atoms with Crippen molar-refractivity contribution in [1.82, 2.24) is 9.55 Å². The van der Waals surface area contributed by atoms with Crippen LogP contribution in [0.3, 0.4) is 0 Å². The highest BCUT2D eigenvalue weighted by Gasteiger charge is 2.15. The van der Waals surface area contributed by atoms with E-state index in [0.29, 0.717) is 16.9 Å². The van der Waals surface area contributed by atoms with Gasteiger partial charge >= 0.3 is 11.7 Å². The number of furan rings is 1. The highest BCUT2D eigenvalue weighted by molar-refractivity contribution is 5.86. The summed E-state index contributed by atoms with van der Waals surface area (Å²) < 4.78 is 6.40. The molecular weight excluding hydrogens is 252 g/mol. The van der Waals surface area contributed by atoms with Gasteiger partial charge in [0.1, 0.15) is 5.76 Å². The third-order valence-corrected chi connectivity index (χ3v) is 2.68. The standard InChI is InChI=1S/C12H12N2O5/c1-6-3-8(19-9(6)11(16)17)5-14-4-7(2)10(15)13-12(14)18/h3-4H,5H2,1-2H3,(H,16,17)(H,13,15,18). The molecule has 0 saturated heterocycles. The monoisotopic (exact) mass is 264 g/mol. The van der Waals surface area contributed by atoms with Gasteiger partial charge in [0.05, 0.1) is 6.54 Å². The Kier molecular flexibility index (Phi) is 3.12. The van der Waals surface area contributed by atoms with Crippen molar-refractivity contribution < 1.29 is 14.3 Å². The first-order valence-corrected chi connectivity index (χ1v) is 5.51. The van der Waals surface area contributed by atoms with Gasteiger partial charge in [0.15, 0.2) is 0 Å². The van der Waals surface area contributed by atoms with E-state index in [1.54, 1.807) is 19.9 Å². The van der Waals surface area contributed by atoms with Gasteiger partial charge in [-0.2, -0.15) is 0 Å². The minimum atomic E-state index is -1.16. The number of H-pyrrole nitrogens is 1. The van der Waals surface area contributed by atoms with E-state index in [1.165, 1.54) is 10.8 Å². The molecule has 0 unspecified atom stereocenters. The number of aromatic carboxylic acids is 1. The number of rotatable bonds is 3. The van der Waals surface area contributed by atoms with Crippen LogP contribution in [0, 0.1) is 13.8 Å². The molecule has 0 aromatic carbocycles. The molecule has 0 aliphatic rings. The third kappa shape index (κ3) is 2.49. The van der Waals surface area contributed by atoms with Crippen molar-refractivity contribution in [3.05, 3.63) is 55.7 Å². The molecule has 2 rings (SSSR count). The van der Waals surface area contributed by atoms with E-state index >= 15 is 0 Å². The van der Waals surface area contributed by atoms with Gasteiger partial charge in [-0.3, -0.25) is 14.3 Å². The maximum atomic E-state index is 11.6. The Morgan fingerprint density at radius 1 is 1.37 bits per heavy atom. The molecule has 0 fully saturated rings. The van der Waals surface area contributed by atoms with Crippen molar-refractivity contribution in [3.63, 3.8) is 0 Å². The zero-order valence-electron chi connectivity index (χ0n) is 10.4. The van der Waals surface area contributed by atoms with E-state index in [4.69, 9.17) is 9.52 Å². The highest BCUT2D eigenvalue weighted by Crippen LogP contribution is 2.15. The molecule has 100 valence electrons. The summed E-state index contributed by atoms with van der Waals surface area (Å²) >= 11 is 0. The number of carbonyl (C=O) groups is 1. The van der Waals surface area contributed by atoms with Gasteiger partial charge in [0.25, 0.3) is 5.56 Å². The van der Waals surface area contributed by atoms with Gasteiger partial charge in [0, 0.05) is 17.3 Å². The van der Waals surface area contributed by atoms with Crippen LogP contribution in [-0.2, 0) is 6.54 Å². The quantitative estimate of drug-likeness (QED) is 0.839. The number of aryl methyl sites for hydroxylation is 2. The first kappa shape index (κ1) is 12.9. The van der Waals surface area contributed by atoms with Crippen molar-refractivity contribution in [3.8, 4) is 0 Å². The van der Waals surface area contributed by atoms with Gasteiger partial charge in [-0.1, -0.05) is 0 Å². The summed E-state index contributed by atoms with van der Waals surface area (Å²) in [5.74, 6) is -0.971. The average Bonchev–Trinajstić information content (AvgIpc) is 2.67. The molecule has 0 bridgehead atoms. The van der Waals surface area contributed by atoms with Crippen LogP contribution in [0.15, 0.2) is 26.3 Å². The number of aromatic nitrogens is 2. The van der Waals surface area contributed by atoms with Crippen LogP contribution in [0.2, 0.25) is 0 Å². The predicted octanol–water partition coefficient (Wildman–Crippen LogP) is 0.493. The van der Waals surface area contributed by atoms with Crippen LogP contribution in [-0.4, -0.2) is 20.6 Å². The van der Waals surface area contributed by atoms with E-state index in [-0.39, 0.29) is 12.3 Å². The molecule has 0 atom stereocenters. The van der Waals surface area contributed by atoms with Crippen LogP contribution in [0.25, 0.3) is 0 Å². The topological polar surface area (TPSA) is 105 Å². The fourth-order valence-electron chi connectivity index (χ4n) is 1.74. The number of aromatic amines is 1. The Morgan fingerprint density at radius 3 is 2.63 bits per heavy atom. The summed E-state index contributed by atoms with van der Waals surface area (Å²) in [5.41, 5.74) is -0.136. The minimum Gasteiger partial charge on any atom is -0.475 e. The SMILES string of the molecule is Cc1cc(Cn2cc(C)c(=O)[nH]c2=O)oc1C(=O)O. The molecule has 0 saturated carbocycles. The van der Waals surface area contributed by atoms with Crippen LogP contribution in [0.4, 0.5) is 0 Å². The normalized spacial score (nSPS) is 10.6. The molecule has 7 heteroatoms. The molecule has 0 amide bonds. The van der Waals surface area contributed by atoms with Gasteiger partial charge in [-0.25, -0.2) is 9.59 Å².